The number of nitrogens with one attached hydrogen (secondary N) is 1. The zero-order valence-electron chi connectivity index (χ0n) is 9.51. The molecule has 0 aliphatic carbocycles. The largest absolute Gasteiger partial charge is 0.493 e. The van der Waals surface area contributed by atoms with E-state index in [2.05, 4.69) is 4.72 Å². The van der Waals surface area contributed by atoms with E-state index in [0.29, 0.717) is 24.3 Å². The summed E-state index contributed by atoms with van der Waals surface area (Å²) in [6.07, 6.45) is 1.44. The summed E-state index contributed by atoms with van der Waals surface area (Å²) >= 11 is 0. The number of hydrogen-bond donors (Lipinski definition) is 2. The average molecular weight is 257 g/mol. The lowest BCUT2D eigenvalue weighted by Crippen LogP contribution is -2.43. The van der Waals surface area contributed by atoms with Crippen LogP contribution in [0.3, 0.4) is 0 Å². The molecule has 0 saturated heterocycles. The van der Waals surface area contributed by atoms with Crippen LogP contribution in [0.4, 0.5) is 0 Å². The maximum absolute atomic E-state index is 11.1. The Balaban J connectivity index is 2.27. The van der Waals surface area contributed by atoms with Crippen molar-refractivity contribution in [2.75, 3.05) is 19.4 Å². The van der Waals surface area contributed by atoms with Gasteiger partial charge in [0.15, 0.2) is 0 Å². The van der Waals surface area contributed by atoms with Crippen LogP contribution in [0.1, 0.15) is 12.0 Å². The molecule has 0 spiro atoms. The van der Waals surface area contributed by atoms with E-state index in [0.717, 1.165) is 6.26 Å². The number of hydrogen-bond acceptors (Lipinski definition) is 4. The van der Waals surface area contributed by atoms with Gasteiger partial charge in [-0.25, -0.2) is 13.1 Å². The molecule has 1 heterocycles. The lowest BCUT2D eigenvalue weighted by atomic mass is 9.88. The van der Waals surface area contributed by atoms with Gasteiger partial charge in [-0.2, -0.15) is 0 Å². The number of fused-ring (bicyclic) bond motifs is 1. The van der Waals surface area contributed by atoms with Crippen molar-refractivity contribution in [1.29, 1.82) is 0 Å². The molecule has 0 radical (unpaired) electrons. The van der Waals surface area contributed by atoms with Gasteiger partial charge in [-0.1, -0.05) is 18.2 Å². The van der Waals surface area contributed by atoms with Crippen molar-refractivity contribution in [1.82, 2.24) is 4.72 Å². The topological polar surface area (TPSA) is 75.6 Å². The van der Waals surface area contributed by atoms with Gasteiger partial charge in [0.25, 0.3) is 0 Å². The van der Waals surface area contributed by atoms with E-state index in [1.165, 1.54) is 0 Å². The third kappa shape index (κ3) is 2.77. The van der Waals surface area contributed by atoms with E-state index in [-0.39, 0.29) is 6.54 Å². The summed E-state index contributed by atoms with van der Waals surface area (Å²) in [6, 6.07) is 7.12. The Bertz CT molecular complexity index is 514. The van der Waals surface area contributed by atoms with Crippen LogP contribution in [0.2, 0.25) is 0 Å². The number of para-hydroxylation sites is 1. The Morgan fingerprint density at radius 3 is 2.88 bits per heavy atom. The first-order valence-electron chi connectivity index (χ1n) is 5.30. The van der Waals surface area contributed by atoms with Gasteiger partial charge >= 0.3 is 0 Å². The second kappa shape index (κ2) is 4.29. The summed E-state index contributed by atoms with van der Waals surface area (Å²) in [4.78, 5) is 0. The molecule has 1 aromatic rings. The summed E-state index contributed by atoms with van der Waals surface area (Å²) < 4.78 is 29.9. The monoisotopic (exact) mass is 257 g/mol. The van der Waals surface area contributed by atoms with Crippen molar-refractivity contribution >= 4 is 10.0 Å². The molecule has 1 aliphatic rings. The molecular formula is C11H15NO4S. The number of sulfonamides is 1. The molecule has 2 rings (SSSR count). The smallest absolute Gasteiger partial charge is 0.208 e. The van der Waals surface area contributed by atoms with E-state index in [1.807, 2.05) is 6.07 Å². The van der Waals surface area contributed by atoms with E-state index in [4.69, 9.17) is 4.74 Å². The van der Waals surface area contributed by atoms with Gasteiger partial charge in [0.2, 0.25) is 10.0 Å². The van der Waals surface area contributed by atoms with Gasteiger partial charge < -0.3 is 9.84 Å². The van der Waals surface area contributed by atoms with Crippen molar-refractivity contribution in [3.8, 4) is 5.75 Å². The Hall–Kier alpha value is -1.11. The number of aliphatic hydroxyl groups is 1. The second-order valence-electron chi connectivity index (χ2n) is 4.22. The predicted octanol–water partition coefficient (Wildman–Crippen LogP) is 0.206. The van der Waals surface area contributed by atoms with Gasteiger partial charge in [0.05, 0.1) is 12.9 Å². The van der Waals surface area contributed by atoms with Crippen molar-refractivity contribution in [2.45, 2.75) is 12.0 Å². The summed E-state index contributed by atoms with van der Waals surface area (Å²) in [5.74, 6) is 0.608. The van der Waals surface area contributed by atoms with E-state index in [9.17, 15) is 13.5 Å². The summed E-state index contributed by atoms with van der Waals surface area (Å²) in [6.45, 7) is 0.338. The molecule has 0 unspecified atom stereocenters. The fraction of sp³-hybridized carbons (Fsp3) is 0.455. The van der Waals surface area contributed by atoms with Crippen LogP contribution < -0.4 is 9.46 Å². The lowest BCUT2D eigenvalue weighted by molar-refractivity contribution is 0.00222. The van der Waals surface area contributed by atoms with Crippen LogP contribution in [0.25, 0.3) is 0 Å². The van der Waals surface area contributed by atoms with E-state index in [1.54, 1.807) is 18.2 Å². The standard InChI is InChI=1S/C11H15NO4S/c1-17(14,15)12-8-11(13)6-7-16-10-5-3-2-4-9(10)11/h2-5,12-13H,6-8H2,1H3/t11-/m1/s1. The predicted molar refractivity (Wildman–Crippen MR) is 63.3 cm³/mol. The Kier molecular flexibility index (Phi) is 3.11. The van der Waals surface area contributed by atoms with Crippen molar-refractivity contribution in [2.24, 2.45) is 0 Å². The molecule has 0 saturated carbocycles. The summed E-state index contributed by atoms with van der Waals surface area (Å²) in [7, 11) is -3.31. The number of rotatable bonds is 3. The summed E-state index contributed by atoms with van der Waals surface area (Å²) in [5, 5.41) is 10.5. The SMILES string of the molecule is CS(=O)(=O)NC[C@]1(O)CCOc2ccccc21. The fourth-order valence-electron chi connectivity index (χ4n) is 1.88. The normalized spacial score (nSPS) is 23.9. The molecule has 1 aromatic carbocycles. The van der Waals surface area contributed by atoms with Crippen molar-refractivity contribution in [3.05, 3.63) is 29.8 Å². The Labute approximate surface area is 100 Å². The molecule has 0 aromatic heterocycles. The highest BCUT2D eigenvalue weighted by molar-refractivity contribution is 7.88. The molecule has 6 heteroatoms. The zero-order chi connectivity index (χ0) is 12.5. The first-order chi connectivity index (χ1) is 7.91. The molecule has 94 valence electrons. The second-order valence-corrected chi connectivity index (χ2v) is 6.05. The Morgan fingerprint density at radius 2 is 2.18 bits per heavy atom. The first-order valence-corrected chi connectivity index (χ1v) is 7.19. The molecule has 17 heavy (non-hydrogen) atoms. The average Bonchev–Trinajstić information content (AvgIpc) is 2.27. The minimum absolute atomic E-state index is 0.0355. The highest BCUT2D eigenvalue weighted by Crippen LogP contribution is 2.36. The molecule has 1 aliphatic heterocycles. The van der Waals surface area contributed by atoms with Gasteiger partial charge in [0.1, 0.15) is 11.4 Å². The number of ether oxygens (including phenoxy) is 1. The van der Waals surface area contributed by atoms with Gasteiger partial charge in [-0.05, 0) is 6.07 Å². The molecular weight excluding hydrogens is 242 g/mol. The maximum atomic E-state index is 11.1. The van der Waals surface area contributed by atoms with Crippen LogP contribution in [-0.4, -0.2) is 32.9 Å². The zero-order valence-corrected chi connectivity index (χ0v) is 10.3. The van der Waals surface area contributed by atoms with Crippen LogP contribution in [0.15, 0.2) is 24.3 Å². The molecule has 0 bridgehead atoms. The van der Waals surface area contributed by atoms with Crippen molar-refractivity contribution < 1.29 is 18.3 Å². The van der Waals surface area contributed by atoms with Crippen molar-refractivity contribution in [3.63, 3.8) is 0 Å². The molecule has 5 nitrogen and oxygen atoms in total. The third-order valence-corrected chi connectivity index (χ3v) is 3.46. The highest BCUT2D eigenvalue weighted by Gasteiger charge is 2.35. The quantitative estimate of drug-likeness (QED) is 0.811. The van der Waals surface area contributed by atoms with E-state index < -0.39 is 15.6 Å². The minimum atomic E-state index is -3.31. The molecule has 0 fully saturated rings. The van der Waals surface area contributed by atoms with E-state index >= 15 is 0 Å². The van der Waals surface area contributed by atoms with Gasteiger partial charge in [-0.15, -0.1) is 0 Å². The van der Waals surface area contributed by atoms with Crippen LogP contribution in [0.5, 0.6) is 5.75 Å². The minimum Gasteiger partial charge on any atom is -0.493 e. The number of benzene rings is 1. The fourth-order valence-corrected chi connectivity index (χ4v) is 2.38. The summed E-state index contributed by atoms with van der Waals surface area (Å²) in [5.41, 5.74) is -0.569. The van der Waals surface area contributed by atoms with Crippen LogP contribution >= 0.6 is 0 Å². The van der Waals surface area contributed by atoms with Crippen LogP contribution in [0, 0.1) is 0 Å². The maximum Gasteiger partial charge on any atom is 0.208 e. The first kappa shape index (κ1) is 12.3. The molecule has 1 atom stereocenters. The van der Waals surface area contributed by atoms with Gasteiger partial charge in [0, 0.05) is 18.5 Å². The lowest BCUT2D eigenvalue weighted by Gasteiger charge is -2.34. The molecule has 2 N–H and O–H groups in total. The third-order valence-electron chi connectivity index (χ3n) is 2.79. The molecule has 0 amide bonds. The Morgan fingerprint density at radius 1 is 1.47 bits per heavy atom. The van der Waals surface area contributed by atoms with Gasteiger partial charge in [-0.3, -0.25) is 0 Å². The highest BCUT2D eigenvalue weighted by atomic mass is 32.2. The van der Waals surface area contributed by atoms with Crippen LogP contribution in [-0.2, 0) is 15.6 Å².